The summed E-state index contributed by atoms with van der Waals surface area (Å²) in [5, 5.41) is 9.00. The van der Waals surface area contributed by atoms with E-state index in [0.29, 0.717) is 12.5 Å². The number of carbonyl (C=O) groups is 2. The molecule has 25 heavy (non-hydrogen) atoms. The van der Waals surface area contributed by atoms with Gasteiger partial charge in [-0.2, -0.15) is 0 Å². The number of carbonyl (C=O) groups excluding carboxylic acids is 2. The molecule has 0 bridgehead atoms. The summed E-state index contributed by atoms with van der Waals surface area (Å²) in [5.74, 6) is 0.190. The van der Waals surface area contributed by atoms with Crippen LogP contribution in [0.25, 0.3) is 0 Å². The van der Waals surface area contributed by atoms with Crippen molar-refractivity contribution >= 4 is 17.5 Å². The van der Waals surface area contributed by atoms with Gasteiger partial charge in [0.15, 0.2) is 5.76 Å². The molecule has 6 nitrogen and oxygen atoms in total. The number of nitrogens with one attached hydrogen (secondary N) is 3. The highest BCUT2D eigenvalue weighted by Gasteiger charge is 2.15. The highest BCUT2D eigenvalue weighted by molar-refractivity contribution is 5.91. The van der Waals surface area contributed by atoms with E-state index < -0.39 is 0 Å². The Morgan fingerprint density at radius 1 is 1.04 bits per heavy atom. The second-order valence-electron chi connectivity index (χ2n) is 6.15. The van der Waals surface area contributed by atoms with Gasteiger partial charge in [0.05, 0.1) is 6.26 Å². The molecule has 0 spiro atoms. The van der Waals surface area contributed by atoms with E-state index in [1.54, 1.807) is 12.1 Å². The van der Waals surface area contributed by atoms with Crippen LogP contribution in [0.2, 0.25) is 0 Å². The quantitative estimate of drug-likeness (QED) is 0.654. The Morgan fingerprint density at radius 3 is 2.44 bits per heavy atom. The summed E-state index contributed by atoms with van der Waals surface area (Å²) >= 11 is 0. The topological polar surface area (TPSA) is 83.4 Å². The molecule has 1 heterocycles. The molecule has 6 heteroatoms. The average molecular weight is 343 g/mol. The van der Waals surface area contributed by atoms with Crippen molar-refractivity contribution in [1.82, 2.24) is 10.6 Å². The molecule has 0 saturated heterocycles. The number of rotatable bonds is 9. The van der Waals surface area contributed by atoms with Crippen LogP contribution in [-0.4, -0.2) is 30.9 Å². The van der Waals surface area contributed by atoms with Gasteiger partial charge >= 0.3 is 0 Å². The second kappa shape index (κ2) is 9.52. The molecule has 0 saturated carbocycles. The van der Waals surface area contributed by atoms with Gasteiger partial charge in [0.25, 0.3) is 5.91 Å². The Labute approximate surface area is 148 Å². The zero-order valence-corrected chi connectivity index (χ0v) is 14.6. The summed E-state index contributed by atoms with van der Waals surface area (Å²) in [6.45, 7) is 5.01. The minimum absolute atomic E-state index is 0.0970. The highest BCUT2D eigenvalue weighted by atomic mass is 16.3. The number of para-hydroxylation sites is 1. The van der Waals surface area contributed by atoms with Crippen LogP contribution >= 0.6 is 0 Å². The van der Waals surface area contributed by atoms with Gasteiger partial charge < -0.3 is 20.4 Å². The molecule has 1 aromatic carbocycles. The molecule has 0 aliphatic carbocycles. The van der Waals surface area contributed by atoms with Crippen LogP contribution in [0, 0.1) is 5.92 Å². The zero-order chi connectivity index (χ0) is 18.1. The molecule has 0 aliphatic rings. The van der Waals surface area contributed by atoms with Gasteiger partial charge in [-0.05, 0) is 30.2 Å². The van der Waals surface area contributed by atoms with Crippen molar-refractivity contribution in [2.45, 2.75) is 26.3 Å². The van der Waals surface area contributed by atoms with Crippen molar-refractivity contribution in [2.75, 3.05) is 18.4 Å². The Bertz CT molecular complexity index is 654. The number of benzene rings is 1. The van der Waals surface area contributed by atoms with Gasteiger partial charge in [0, 0.05) is 31.2 Å². The summed E-state index contributed by atoms with van der Waals surface area (Å²) in [6.07, 6.45) is 1.66. The molecule has 0 fully saturated rings. The molecule has 1 unspecified atom stereocenters. The van der Waals surface area contributed by atoms with E-state index in [1.165, 1.54) is 6.26 Å². The van der Waals surface area contributed by atoms with E-state index in [2.05, 4.69) is 29.8 Å². The highest BCUT2D eigenvalue weighted by Crippen LogP contribution is 2.11. The number of amides is 2. The minimum Gasteiger partial charge on any atom is -0.459 e. The molecule has 2 rings (SSSR count). The van der Waals surface area contributed by atoms with Gasteiger partial charge in [-0.1, -0.05) is 32.0 Å². The number of anilines is 1. The Kier molecular flexibility index (Phi) is 7.07. The van der Waals surface area contributed by atoms with E-state index in [0.717, 1.165) is 5.69 Å². The molecule has 2 amide bonds. The van der Waals surface area contributed by atoms with Gasteiger partial charge in [0.1, 0.15) is 0 Å². The third kappa shape index (κ3) is 6.33. The lowest BCUT2D eigenvalue weighted by molar-refractivity contribution is -0.121. The van der Waals surface area contributed by atoms with Gasteiger partial charge in [0.2, 0.25) is 5.91 Å². The maximum atomic E-state index is 12.0. The number of hydrogen-bond acceptors (Lipinski definition) is 4. The molecular formula is C19H25N3O3. The fourth-order valence-corrected chi connectivity index (χ4v) is 2.30. The lowest BCUT2D eigenvalue weighted by Gasteiger charge is -2.24. The normalized spacial score (nSPS) is 11.8. The van der Waals surface area contributed by atoms with Gasteiger partial charge in [-0.25, -0.2) is 0 Å². The third-order valence-corrected chi connectivity index (χ3v) is 3.83. The molecule has 1 aromatic heterocycles. The first-order valence-electron chi connectivity index (χ1n) is 8.46. The molecule has 3 N–H and O–H groups in total. The number of hydrogen-bond donors (Lipinski definition) is 3. The average Bonchev–Trinajstić information content (AvgIpc) is 3.14. The Balaban J connectivity index is 1.70. The van der Waals surface area contributed by atoms with E-state index >= 15 is 0 Å². The van der Waals surface area contributed by atoms with Crippen LogP contribution < -0.4 is 16.0 Å². The van der Waals surface area contributed by atoms with Crippen molar-refractivity contribution in [3.8, 4) is 0 Å². The van der Waals surface area contributed by atoms with E-state index in [-0.39, 0.29) is 36.6 Å². The lowest BCUT2D eigenvalue weighted by Crippen LogP contribution is -2.40. The first-order chi connectivity index (χ1) is 12.1. The smallest absolute Gasteiger partial charge is 0.286 e. The van der Waals surface area contributed by atoms with Crippen LogP contribution in [0.4, 0.5) is 5.69 Å². The largest absolute Gasteiger partial charge is 0.459 e. The minimum atomic E-state index is -0.316. The summed E-state index contributed by atoms with van der Waals surface area (Å²) in [7, 11) is 0. The molecule has 0 aliphatic heterocycles. The molecule has 2 aromatic rings. The first kappa shape index (κ1) is 18.6. The summed E-state index contributed by atoms with van der Waals surface area (Å²) in [6, 6.07) is 13.3. The molecule has 0 radical (unpaired) electrons. The maximum absolute atomic E-state index is 12.0. The van der Waals surface area contributed by atoms with Crippen molar-refractivity contribution in [1.29, 1.82) is 0 Å². The zero-order valence-electron chi connectivity index (χ0n) is 14.6. The number of furan rings is 1. The van der Waals surface area contributed by atoms with Crippen LogP contribution in [0.3, 0.4) is 0 Å². The van der Waals surface area contributed by atoms with Crippen LogP contribution in [-0.2, 0) is 4.79 Å². The SMILES string of the molecule is CC(C)C(CNC(=O)CCNC(=O)c1ccco1)Nc1ccccc1. The van der Waals surface area contributed by atoms with Crippen LogP contribution in [0.15, 0.2) is 53.1 Å². The summed E-state index contributed by atoms with van der Waals surface area (Å²) in [5.41, 5.74) is 1.03. The van der Waals surface area contributed by atoms with Crippen molar-refractivity contribution < 1.29 is 14.0 Å². The van der Waals surface area contributed by atoms with Crippen molar-refractivity contribution in [3.63, 3.8) is 0 Å². The fraction of sp³-hybridized carbons (Fsp3) is 0.368. The lowest BCUT2D eigenvalue weighted by atomic mass is 10.0. The molecule has 134 valence electrons. The molecule has 1 atom stereocenters. The summed E-state index contributed by atoms with van der Waals surface area (Å²) < 4.78 is 4.99. The van der Waals surface area contributed by atoms with E-state index in [9.17, 15) is 9.59 Å². The first-order valence-corrected chi connectivity index (χ1v) is 8.46. The third-order valence-electron chi connectivity index (χ3n) is 3.83. The summed E-state index contributed by atoms with van der Waals surface area (Å²) in [4.78, 5) is 23.7. The predicted octanol–water partition coefficient (Wildman–Crippen LogP) is 2.65. The Morgan fingerprint density at radius 2 is 1.80 bits per heavy atom. The van der Waals surface area contributed by atoms with Crippen LogP contribution in [0.1, 0.15) is 30.8 Å². The fourth-order valence-electron chi connectivity index (χ4n) is 2.30. The standard InChI is InChI=1S/C19H25N3O3/c1-14(2)16(22-15-7-4-3-5-8-15)13-21-18(23)10-11-20-19(24)17-9-6-12-25-17/h3-9,12,14,16,22H,10-11,13H2,1-2H3,(H,20,24)(H,21,23). The van der Waals surface area contributed by atoms with E-state index in [1.807, 2.05) is 30.3 Å². The monoisotopic (exact) mass is 343 g/mol. The van der Waals surface area contributed by atoms with Gasteiger partial charge in [-0.15, -0.1) is 0 Å². The maximum Gasteiger partial charge on any atom is 0.286 e. The Hall–Kier alpha value is -2.76. The molecular weight excluding hydrogens is 318 g/mol. The van der Waals surface area contributed by atoms with E-state index in [4.69, 9.17) is 4.42 Å². The van der Waals surface area contributed by atoms with Gasteiger partial charge in [-0.3, -0.25) is 9.59 Å². The second-order valence-corrected chi connectivity index (χ2v) is 6.15. The van der Waals surface area contributed by atoms with Crippen molar-refractivity contribution in [2.24, 2.45) is 5.92 Å². The van der Waals surface area contributed by atoms with Crippen molar-refractivity contribution in [3.05, 3.63) is 54.5 Å². The predicted molar refractivity (Wildman–Crippen MR) is 97.4 cm³/mol. The van der Waals surface area contributed by atoms with Crippen LogP contribution in [0.5, 0.6) is 0 Å².